The van der Waals surface area contributed by atoms with Crippen LogP contribution in [0.2, 0.25) is 0 Å². The molecular weight excluding hydrogens is 148 g/mol. The van der Waals surface area contributed by atoms with Gasteiger partial charge < -0.3 is 9.90 Å². The zero-order valence-electron chi connectivity index (χ0n) is 5.99. The molecule has 2 atom stereocenters. The second-order valence-electron chi connectivity index (χ2n) is 1.98. The third-order valence-electron chi connectivity index (χ3n) is 1.21. The predicted octanol–water partition coefficient (Wildman–Crippen LogP) is 0.711. The topological polar surface area (TPSA) is 37.3 Å². The fourth-order valence-electron chi connectivity index (χ4n) is 0.586. The average molecular weight is 160 g/mol. The molecule has 0 aromatic rings. The maximum Gasteiger partial charge on any atom is 0.126 e. The van der Waals surface area contributed by atoms with Crippen LogP contribution in [0.25, 0.3) is 0 Å². The van der Waals surface area contributed by atoms with E-state index in [1.807, 2.05) is 6.26 Å². The molecule has 0 radical (unpaired) electrons. The smallest absolute Gasteiger partial charge is 0.126 e. The third kappa shape index (κ3) is 3.03. The Morgan fingerprint density at radius 2 is 2.40 bits per heavy atom. The van der Waals surface area contributed by atoms with Crippen molar-refractivity contribution in [3.8, 4) is 0 Å². The minimum absolute atomic E-state index is 0.299. The van der Waals surface area contributed by atoms with E-state index in [0.29, 0.717) is 5.75 Å². The van der Waals surface area contributed by atoms with Gasteiger partial charge in [-0.05, 0) is 6.26 Å². The van der Waals surface area contributed by atoms with E-state index in [2.05, 4.69) is 6.58 Å². The van der Waals surface area contributed by atoms with Crippen molar-refractivity contribution in [3.63, 3.8) is 0 Å². The van der Waals surface area contributed by atoms with E-state index in [1.165, 1.54) is 17.8 Å². The monoisotopic (exact) mass is 160 g/mol. The van der Waals surface area contributed by atoms with Gasteiger partial charge in [0.1, 0.15) is 6.29 Å². The van der Waals surface area contributed by atoms with Crippen molar-refractivity contribution in [2.75, 3.05) is 12.0 Å². The molecule has 0 spiro atoms. The summed E-state index contributed by atoms with van der Waals surface area (Å²) in [6.45, 7) is 3.39. The molecule has 0 fully saturated rings. The number of thioether (sulfide) groups is 1. The summed E-state index contributed by atoms with van der Waals surface area (Å²) < 4.78 is 0. The van der Waals surface area contributed by atoms with Crippen molar-refractivity contribution in [3.05, 3.63) is 12.7 Å². The molecular formula is C7H12O2S. The van der Waals surface area contributed by atoms with Gasteiger partial charge in [-0.3, -0.25) is 0 Å². The molecule has 0 aliphatic heterocycles. The molecule has 0 aliphatic rings. The van der Waals surface area contributed by atoms with Crippen molar-refractivity contribution in [1.82, 2.24) is 0 Å². The third-order valence-corrected chi connectivity index (χ3v) is 1.93. The summed E-state index contributed by atoms with van der Waals surface area (Å²) in [6.07, 6.45) is 3.36. The molecule has 2 nitrogen and oxygen atoms in total. The summed E-state index contributed by atoms with van der Waals surface area (Å²) in [5, 5.41) is 9.09. The van der Waals surface area contributed by atoms with Crippen LogP contribution in [-0.4, -0.2) is 29.5 Å². The van der Waals surface area contributed by atoms with Gasteiger partial charge in [-0.2, -0.15) is 11.8 Å². The maximum absolute atomic E-state index is 10.3. The molecule has 0 saturated heterocycles. The Kier molecular flexibility index (Phi) is 5.35. The zero-order valence-corrected chi connectivity index (χ0v) is 6.80. The lowest BCUT2D eigenvalue weighted by Gasteiger charge is -2.11. The van der Waals surface area contributed by atoms with Gasteiger partial charge >= 0.3 is 0 Å². The van der Waals surface area contributed by atoms with Crippen LogP contribution in [0, 0.1) is 5.92 Å². The maximum atomic E-state index is 10.3. The molecule has 0 amide bonds. The molecule has 0 saturated carbocycles. The molecule has 10 heavy (non-hydrogen) atoms. The highest BCUT2D eigenvalue weighted by Gasteiger charge is 2.13. The molecule has 0 aromatic heterocycles. The van der Waals surface area contributed by atoms with E-state index < -0.39 is 6.10 Å². The fourth-order valence-corrected chi connectivity index (χ4v) is 1.25. The number of hydrogen-bond donors (Lipinski definition) is 1. The van der Waals surface area contributed by atoms with Gasteiger partial charge in [0.05, 0.1) is 12.0 Å². The lowest BCUT2D eigenvalue weighted by Crippen LogP contribution is -2.21. The van der Waals surface area contributed by atoms with Crippen LogP contribution in [-0.2, 0) is 4.79 Å². The van der Waals surface area contributed by atoms with E-state index in [0.717, 1.165) is 6.29 Å². The summed E-state index contributed by atoms with van der Waals surface area (Å²) in [6, 6.07) is 0. The van der Waals surface area contributed by atoms with E-state index >= 15 is 0 Å². The van der Waals surface area contributed by atoms with Crippen LogP contribution in [0.4, 0.5) is 0 Å². The van der Waals surface area contributed by atoms with Gasteiger partial charge in [0.2, 0.25) is 0 Å². The Bertz CT molecular complexity index is 114. The summed E-state index contributed by atoms with van der Waals surface area (Å²) in [5.41, 5.74) is 0. The minimum atomic E-state index is -0.690. The second kappa shape index (κ2) is 5.50. The normalized spacial score (nSPS) is 15.8. The summed E-state index contributed by atoms with van der Waals surface area (Å²) in [5.74, 6) is 0.351. The van der Waals surface area contributed by atoms with Crippen LogP contribution in [0.3, 0.4) is 0 Å². The van der Waals surface area contributed by atoms with Crippen molar-refractivity contribution >= 4 is 18.0 Å². The van der Waals surface area contributed by atoms with Gasteiger partial charge in [0.25, 0.3) is 0 Å². The van der Waals surface area contributed by atoms with E-state index in [-0.39, 0.29) is 5.92 Å². The standard InChI is InChI=1S/C7H12O2S/c1-3-7(9)6(4-8)5-10-2/h3-4,6-7,9H,1,5H2,2H3. The Morgan fingerprint density at radius 1 is 1.80 bits per heavy atom. The first-order chi connectivity index (χ1) is 4.76. The van der Waals surface area contributed by atoms with Crippen LogP contribution in [0.5, 0.6) is 0 Å². The molecule has 3 heteroatoms. The lowest BCUT2D eigenvalue weighted by atomic mass is 10.1. The first kappa shape index (κ1) is 9.72. The number of carbonyl (C=O) groups is 1. The van der Waals surface area contributed by atoms with Gasteiger partial charge in [-0.1, -0.05) is 6.08 Å². The van der Waals surface area contributed by atoms with Crippen LogP contribution >= 0.6 is 11.8 Å². The van der Waals surface area contributed by atoms with Gasteiger partial charge in [-0.25, -0.2) is 0 Å². The van der Waals surface area contributed by atoms with Crippen molar-refractivity contribution in [2.24, 2.45) is 5.92 Å². The van der Waals surface area contributed by atoms with Crippen LogP contribution in [0.1, 0.15) is 0 Å². The molecule has 1 N–H and O–H groups in total. The SMILES string of the molecule is C=CC(O)C(C=O)CSC. The molecule has 58 valence electrons. The highest BCUT2D eigenvalue weighted by Crippen LogP contribution is 2.07. The summed E-state index contributed by atoms with van der Waals surface area (Å²) in [4.78, 5) is 10.3. The number of aliphatic hydroxyl groups excluding tert-OH is 1. The first-order valence-electron chi connectivity index (χ1n) is 3.01. The van der Waals surface area contributed by atoms with Gasteiger partial charge in [0, 0.05) is 5.75 Å². The quantitative estimate of drug-likeness (QED) is 0.475. The van der Waals surface area contributed by atoms with Crippen LogP contribution < -0.4 is 0 Å². The van der Waals surface area contributed by atoms with Crippen molar-refractivity contribution < 1.29 is 9.90 Å². The molecule has 0 heterocycles. The van der Waals surface area contributed by atoms with Gasteiger partial charge in [-0.15, -0.1) is 6.58 Å². The number of rotatable bonds is 5. The van der Waals surface area contributed by atoms with Crippen LogP contribution in [0.15, 0.2) is 12.7 Å². The van der Waals surface area contributed by atoms with E-state index in [4.69, 9.17) is 5.11 Å². The Hall–Kier alpha value is -0.280. The van der Waals surface area contributed by atoms with E-state index in [1.54, 1.807) is 0 Å². The van der Waals surface area contributed by atoms with Crippen molar-refractivity contribution in [2.45, 2.75) is 6.10 Å². The summed E-state index contributed by atoms with van der Waals surface area (Å²) >= 11 is 1.54. The number of aliphatic hydroxyl groups is 1. The molecule has 0 rings (SSSR count). The number of aldehydes is 1. The zero-order chi connectivity index (χ0) is 7.98. The summed E-state index contributed by atoms with van der Waals surface area (Å²) in [7, 11) is 0. The van der Waals surface area contributed by atoms with E-state index in [9.17, 15) is 4.79 Å². The van der Waals surface area contributed by atoms with Gasteiger partial charge in [0.15, 0.2) is 0 Å². The Labute approximate surface area is 65.3 Å². The molecule has 0 aromatic carbocycles. The number of hydrogen-bond acceptors (Lipinski definition) is 3. The molecule has 0 aliphatic carbocycles. The highest BCUT2D eigenvalue weighted by molar-refractivity contribution is 7.98. The number of carbonyl (C=O) groups excluding carboxylic acids is 1. The molecule has 0 bridgehead atoms. The predicted molar refractivity (Wildman–Crippen MR) is 44.1 cm³/mol. The fraction of sp³-hybridized carbons (Fsp3) is 0.571. The second-order valence-corrected chi connectivity index (χ2v) is 2.89. The Balaban J connectivity index is 3.78. The van der Waals surface area contributed by atoms with Crippen molar-refractivity contribution in [1.29, 1.82) is 0 Å². The largest absolute Gasteiger partial charge is 0.388 e. The minimum Gasteiger partial charge on any atom is -0.388 e. The molecule has 2 unspecified atom stereocenters. The Morgan fingerprint density at radius 3 is 2.70 bits per heavy atom. The lowest BCUT2D eigenvalue weighted by molar-refractivity contribution is -0.112. The first-order valence-corrected chi connectivity index (χ1v) is 4.40. The average Bonchev–Trinajstić information content (AvgIpc) is 1.99. The highest BCUT2D eigenvalue weighted by atomic mass is 32.2.